The summed E-state index contributed by atoms with van der Waals surface area (Å²) in [5, 5.41) is 16.6. The molecule has 0 aliphatic heterocycles. The number of amides is 1. The summed E-state index contributed by atoms with van der Waals surface area (Å²) in [6.45, 7) is 9.26. The van der Waals surface area contributed by atoms with Gasteiger partial charge in [-0.1, -0.05) is 11.6 Å². The number of aromatic carboxylic acids is 1. The lowest BCUT2D eigenvalue weighted by molar-refractivity contribution is -0.115. The number of nitrogens with one attached hydrogen (secondary N) is 1. The number of rotatable bonds is 5. The molecular weight excluding hydrogens is 370 g/mol. The quantitative estimate of drug-likeness (QED) is 0.689. The van der Waals surface area contributed by atoms with Crippen molar-refractivity contribution in [3.05, 3.63) is 63.7 Å². The first-order valence-electron chi connectivity index (χ1n) is 9.17. The number of benzene rings is 1. The number of carbonyl (C=O) groups excluding carboxylic acids is 1. The molecule has 0 aliphatic carbocycles. The van der Waals surface area contributed by atoms with Crippen molar-refractivity contribution in [2.45, 2.75) is 41.0 Å². The Kier molecular flexibility index (Phi) is 5.45. The van der Waals surface area contributed by atoms with Crippen LogP contribution < -0.4 is 5.32 Å². The topological polar surface area (TPSA) is 110 Å². The summed E-state index contributed by atoms with van der Waals surface area (Å²) in [6.07, 6.45) is 0.0649. The summed E-state index contributed by atoms with van der Waals surface area (Å²) < 4.78 is 1.63. The highest BCUT2D eigenvalue weighted by atomic mass is 16.4. The van der Waals surface area contributed by atoms with Gasteiger partial charge in [0, 0.05) is 22.6 Å². The maximum atomic E-state index is 12.6. The molecule has 3 rings (SSSR count). The second-order valence-electron chi connectivity index (χ2n) is 7.09. The number of carboxylic acids is 1. The van der Waals surface area contributed by atoms with E-state index in [2.05, 4.69) is 20.4 Å². The number of hydrogen-bond donors (Lipinski definition) is 2. The van der Waals surface area contributed by atoms with Crippen molar-refractivity contribution in [1.29, 1.82) is 0 Å². The van der Waals surface area contributed by atoms with Gasteiger partial charge in [0.2, 0.25) is 5.91 Å². The van der Waals surface area contributed by atoms with Crippen molar-refractivity contribution in [3.8, 4) is 5.95 Å². The average molecular weight is 393 g/mol. The van der Waals surface area contributed by atoms with E-state index in [0.717, 1.165) is 28.2 Å². The first kappa shape index (κ1) is 20.2. The summed E-state index contributed by atoms with van der Waals surface area (Å²) in [6, 6.07) is 6.77. The van der Waals surface area contributed by atoms with Gasteiger partial charge in [-0.15, -0.1) is 0 Å². The molecule has 3 aromatic rings. The summed E-state index contributed by atoms with van der Waals surface area (Å²) >= 11 is 0. The van der Waals surface area contributed by atoms with Crippen LogP contribution in [0.1, 0.15) is 44.3 Å². The van der Waals surface area contributed by atoms with Gasteiger partial charge in [-0.2, -0.15) is 5.10 Å². The van der Waals surface area contributed by atoms with E-state index in [1.807, 2.05) is 33.8 Å². The van der Waals surface area contributed by atoms with Gasteiger partial charge in [-0.3, -0.25) is 4.79 Å². The van der Waals surface area contributed by atoms with Crippen molar-refractivity contribution < 1.29 is 14.7 Å². The molecule has 8 heteroatoms. The Morgan fingerprint density at radius 2 is 1.69 bits per heavy atom. The molecule has 1 amide bonds. The van der Waals surface area contributed by atoms with E-state index >= 15 is 0 Å². The fourth-order valence-corrected chi connectivity index (χ4v) is 3.23. The van der Waals surface area contributed by atoms with E-state index in [-0.39, 0.29) is 23.6 Å². The number of aryl methyl sites for hydroxylation is 4. The zero-order valence-electron chi connectivity index (χ0n) is 17.1. The van der Waals surface area contributed by atoms with E-state index in [0.29, 0.717) is 11.6 Å². The molecule has 0 aliphatic rings. The van der Waals surface area contributed by atoms with Crippen LogP contribution in [0.5, 0.6) is 0 Å². The number of anilines is 1. The Morgan fingerprint density at radius 3 is 2.31 bits per heavy atom. The van der Waals surface area contributed by atoms with Crippen molar-refractivity contribution in [2.24, 2.45) is 0 Å². The third kappa shape index (κ3) is 4.31. The number of nitrogens with zero attached hydrogens (tertiary/aromatic N) is 4. The van der Waals surface area contributed by atoms with Gasteiger partial charge < -0.3 is 10.4 Å². The van der Waals surface area contributed by atoms with Crippen molar-refractivity contribution in [2.75, 3.05) is 5.32 Å². The third-order valence-corrected chi connectivity index (χ3v) is 4.62. The average Bonchev–Trinajstić information content (AvgIpc) is 2.90. The number of hydrogen-bond acceptors (Lipinski definition) is 5. The molecule has 0 fully saturated rings. The standard InChI is InChI=1S/C21H23N5O3/c1-11-6-7-18(17(8-11)20(28)29)24-19(27)10-16-14(4)25-26(15(16)5)21-22-12(2)9-13(3)23-21/h6-9H,10H2,1-5H3,(H,24,27)(H,28,29). The smallest absolute Gasteiger partial charge is 0.337 e. The van der Waals surface area contributed by atoms with Crippen LogP contribution >= 0.6 is 0 Å². The lowest BCUT2D eigenvalue weighted by Crippen LogP contribution is -2.17. The molecule has 8 nitrogen and oxygen atoms in total. The van der Waals surface area contributed by atoms with E-state index in [4.69, 9.17) is 0 Å². The first-order chi connectivity index (χ1) is 13.7. The van der Waals surface area contributed by atoms with Gasteiger partial charge in [-0.05, 0) is 52.8 Å². The van der Waals surface area contributed by atoms with Gasteiger partial charge in [0.15, 0.2) is 0 Å². The number of aromatic nitrogens is 4. The number of carboxylic acid groups (broad SMARTS) is 1. The second-order valence-corrected chi connectivity index (χ2v) is 7.09. The van der Waals surface area contributed by atoms with E-state index in [1.54, 1.807) is 23.7 Å². The molecule has 0 radical (unpaired) electrons. The van der Waals surface area contributed by atoms with Crippen molar-refractivity contribution in [3.63, 3.8) is 0 Å². The molecule has 0 saturated carbocycles. The van der Waals surface area contributed by atoms with Gasteiger partial charge in [0.1, 0.15) is 0 Å². The molecule has 2 N–H and O–H groups in total. The van der Waals surface area contributed by atoms with Crippen LogP contribution in [-0.4, -0.2) is 36.7 Å². The lowest BCUT2D eigenvalue weighted by atomic mass is 10.1. The maximum absolute atomic E-state index is 12.6. The van der Waals surface area contributed by atoms with Crippen LogP contribution in [0.2, 0.25) is 0 Å². The maximum Gasteiger partial charge on any atom is 0.337 e. The zero-order chi connectivity index (χ0) is 21.3. The highest BCUT2D eigenvalue weighted by Crippen LogP contribution is 2.20. The van der Waals surface area contributed by atoms with Crippen LogP contribution in [0.25, 0.3) is 5.95 Å². The fourth-order valence-electron chi connectivity index (χ4n) is 3.23. The lowest BCUT2D eigenvalue weighted by Gasteiger charge is -2.10. The van der Waals surface area contributed by atoms with Gasteiger partial charge in [0.25, 0.3) is 5.95 Å². The largest absolute Gasteiger partial charge is 0.478 e. The van der Waals surface area contributed by atoms with E-state index < -0.39 is 5.97 Å². The highest BCUT2D eigenvalue weighted by molar-refractivity contribution is 6.01. The minimum absolute atomic E-state index is 0.0612. The van der Waals surface area contributed by atoms with E-state index in [9.17, 15) is 14.7 Å². The Balaban J connectivity index is 1.87. The minimum Gasteiger partial charge on any atom is -0.478 e. The molecule has 0 bridgehead atoms. The van der Waals surface area contributed by atoms with Crippen LogP contribution in [0, 0.1) is 34.6 Å². The van der Waals surface area contributed by atoms with Gasteiger partial charge in [0.05, 0.1) is 23.4 Å². The van der Waals surface area contributed by atoms with Crippen LogP contribution in [0.3, 0.4) is 0 Å². The van der Waals surface area contributed by atoms with Crippen LogP contribution in [0.15, 0.2) is 24.3 Å². The molecule has 2 heterocycles. The Bertz CT molecular complexity index is 1100. The van der Waals surface area contributed by atoms with Crippen molar-refractivity contribution >= 4 is 17.6 Å². The predicted molar refractivity (Wildman–Crippen MR) is 109 cm³/mol. The van der Waals surface area contributed by atoms with E-state index in [1.165, 1.54) is 6.07 Å². The normalized spacial score (nSPS) is 10.8. The fraction of sp³-hybridized carbons (Fsp3) is 0.286. The molecule has 0 saturated heterocycles. The summed E-state index contributed by atoms with van der Waals surface area (Å²) in [7, 11) is 0. The Labute approximate surface area is 168 Å². The SMILES string of the molecule is Cc1ccc(NC(=O)Cc2c(C)nn(-c3nc(C)cc(C)n3)c2C)c(C(=O)O)c1. The minimum atomic E-state index is -1.09. The molecule has 0 spiro atoms. The van der Waals surface area contributed by atoms with Crippen LogP contribution in [0.4, 0.5) is 5.69 Å². The molecule has 0 atom stereocenters. The van der Waals surface area contributed by atoms with Crippen molar-refractivity contribution in [1.82, 2.24) is 19.7 Å². The summed E-state index contributed by atoms with van der Waals surface area (Å²) in [5.41, 5.74) is 5.03. The predicted octanol–water partition coefficient (Wildman–Crippen LogP) is 3.08. The molecule has 29 heavy (non-hydrogen) atoms. The summed E-state index contributed by atoms with van der Waals surface area (Å²) in [4.78, 5) is 32.9. The highest BCUT2D eigenvalue weighted by Gasteiger charge is 2.19. The van der Waals surface area contributed by atoms with Gasteiger partial charge in [-0.25, -0.2) is 19.4 Å². The monoisotopic (exact) mass is 393 g/mol. The van der Waals surface area contributed by atoms with Gasteiger partial charge >= 0.3 is 5.97 Å². The summed E-state index contributed by atoms with van der Waals surface area (Å²) in [5.74, 6) is -0.943. The molecule has 2 aromatic heterocycles. The van der Waals surface area contributed by atoms with Crippen LogP contribution in [-0.2, 0) is 11.2 Å². The molecule has 150 valence electrons. The first-order valence-corrected chi connectivity index (χ1v) is 9.17. The third-order valence-electron chi connectivity index (χ3n) is 4.62. The second kappa shape index (κ2) is 7.83. The molecule has 0 unspecified atom stereocenters. The molecular formula is C21H23N5O3. The number of carbonyl (C=O) groups is 2. The molecule has 1 aromatic carbocycles. The zero-order valence-corrected chi connectivity index (χ0v) is 17.1. The Morgan fingerprint density at radius 1 is 1.03 bits per heavy atom. The Hall–Kier alpha value is -3.55.